The van der Waals surface area contributed by atoms with E-state index in [1.165, 1.54) is 0 Å². The number of nitrogens with zero attached hydrogens (tertiary/aromatic N) is 9. The maximum absolute atomic E-state index is 6.25. The molecule has 10 nitrogen and oxygen atoms in total. The van der Waals surface area contributed by atoms with Crippen LogP contribution in [0.15, 0.2) is 97.1 Å². The Morgan fingerprint density at radius 1 is 0.386 bits per heavy atom. The van der Waals surface area contributed by atoms with Crippen molar-refractivity contribution in [2.75, 3.05) is 0 Å². The summed E-state index contributed by atoms with van der Waals surface area (Å²) in [7, 11) is 0. The predicted octanol–water partition coefficient (Wildman–Crippen LogP) is 5.40. The van der Waals surface area contributed by atoms with Crippen LogP contribution < -0.4 is 9.97 Å². The van der Waals surface area contributed by atoms with E-state index in [0.717, 1.165) is 43.8 Å². The van der Waals surface area contributed by atoms with Crippen LogP contribution >= 0.6 is 0 Å². The second-order valence-corrected chi connectivity index (χ2v) is 9.67. The van der Waals surface area contributed by atoms with E-state index in [4.69, 9.17) is 51.7 Å². The first-order valence-corrected chi connectivity index (χ1v) is 13.1. The van der Waals surface area contributed by atoms with Crippen molar-refractivity contribution in [2.45, 2.75) is 0 Å². The first-order chi connectivity index (χ1) is 20.8. The zero-order valence-corrected chi connectivity index (χ0v) is 23.6. The maximum Gasteiger partial charge on any atom is 2.00 e. The molecule has 5 heterocycles. The molecule has 0 fully saturated rings. The topological polar surface area (TPSA) is 161 Å². The summed E-state index contributed by atoms with van der Waals surface area (Å²) in [4.78, 5) is 39.3. The van der Waals surface area contributed by atoms with E-state index in [-0.39, 0.29) is 22.3 Å². The summed E-state index contributed by atoms with van der Waals surface area (Å²) in [6, 6.07) is 31.8. The molecular formula is C33H18CoN9O-. The normalized spacial score (nSPS) is 11.0. The fourth-order valence-corrected chi connectivity index (χ4v) is 5.46. The number of hydrogen-bond acceptors (Lipinski definition) is 7. The smallest absolute Gasteiger partial charge is 0.512 e. The minimum Gasteiger partial charge on any atom is -0.512 e. The van der Waals surface area contributed by atoms with E-state index in [2.05, 4.69) is 0 Å². The largest absolute Gasteiger partial charge is 2.00 e. The Morgan fingerprint density at radius 2 is 0.614 bits per heavy atom. The molecule has 0 atom stereocenters. The first-order valence-electron chi connectivity index (χ1n) is 13.1. The van der Waals surface area contributed by atoms with Crippen LogP contribution in [0.4, 0.5) is 0 Å². The van der Waals surface area contributed by atoms with Gasteiger partial charge in [0, 0.05) is 44.8 Å². The molecule has 2 aliphatic rings. The van der Waals surface area contributed by atoms with Crippen LogP contribution in [-0.4, -0.2) is 35.4 Å². The van der Waals surface area contributed by atoms with Gasteiger partial charge in [-0.25, -0.2) is 9.97 Å². The van der Waals surface area contributed by atoms with Gasteiger partial charge in [0.15, 0.2) is 0 Å². The van der Waals surface area contributed by atoms with Crippen molar-refractivity contribution in [2.24, 2.45) is 0 Å². The van der Waals surface area contributed by atoms with Gasteiger partial charge in [0.1, 0.15) is 0 Å². The molecule has 0 spiro atoms. The van der Waals surface area contributed by atoms with Crippen LogP contribution in [-0.2, 0) is 16.8 Å². The molecule has 0 saturated carbocycles. The van der Waals surface area contributed by atoms with E-state index in [9.17, 15) is 0 Å². The quantitative estimate of drug-likeness (QED) is 0.204. The SMILES string of the molecule is O.[C-]#N.[Co+2].c1ccc2c(c1)-c1nc-2nc2[n-]c(nc3nc(nc4[n-]c(n1)c1ccccc41)-c1ccccc1-3)c1ccccc21. The number of fused-ring (bicyclic) bond motifs is 20. The van der Waals surface area contributed by atoms with Crippen molar-refractivity contribution in [3.63, 3.8) is 0 Å². The maximum atomic E-state index is 6.25. The summed E-state index contributed by atoms with van der Waals surface area (Å²) < 4.78 is 0. The molecule has 8 bridgehead atoms. The van der Waals surface area contributed by atoms with Gasteiger partial charge in [-0.3, -0.25) is 0 Å². The molecule has 11 heteroatoms. The molecule has 0 amide bonds. The molecule has 4 aromatic carbocycles. The third-order valence-electron chi connectivity index (χ3n) is 7.33. The molecule has 0 saturated heterocycles. The van der Waals surface area contributed by atoms with Gasteiger partial charge < -0.3 is 47.2 Å². The van der Waals surface area contributed by atoms with Crippen LogP contribution in [0.3, 0.4) is 0 Å². The van der Waals surface area contributed by atoms with Gasteiger partial charge in [-0.2, -0.15) is 0 Å². The van der Waals surface area contributed by atoms with Gasteiger partial charge in [-0.15, -0.1) is 0 Å². The van der Waals surface area contributed by atoms with Gasteiger partial charge >= 0.3 is 16.8 Å². The van der Waals surface area contributed by atoms with Crippen molar-refractivity contribution in [3.8, 4) is 45.6 Å². The Morgan fingerprint density at radius 3 is 0.864 bits per heavy atom. The zero-order valence-electron chi connectivity index (χ0n) is 22.6. The van der Waals surface area contributed by atoms with Gasteiger partial charge in [-0.05, 0) is 21.5 Å². The molecule has 0 unspecified atom stereocenters. The molecule has 44 heavy (non-hydrogen) atoms. The Kier molecular flexibility index (Phi) is 7.16. The Hall–Kier alpha value is -5.80. The third kappa shape index (κ3) is 4.29. The molecule has 2 aliphatic heterocycles. The molecule has 9 rings (SSSR count). The van der Waals surface area contributed by atoms with Gasteiger partial charge in [0.05, 0.1) is 23.3 Å². The Balaban J connectivity index is 0.000000842. The second-order valence-electron chi connectivity index (χ2n) is 9.67. The van der Waals surface area contributed by atoms with E-state index >= 15 is 0 Å². The number of aromatic nitrogens is 8. The standard InChI is InChI=1S/C32H16N8.CN.Co.H2O/c1-2-10-18-17(9-1)25-33-26(18)38-28-21-13-5-6-14-22(21)30(35-28)40-32-24-16-8-7-15-23(24)31(36-32)39-29-20-12-4-3-11-19(20)27(34-29)37-25;1-2;;/h1-16H;;;1H2/q-2;-1;+2;. The Bertz CT molecular complexity index is 2090. The number of hydrogen-bond donors (Lipinski definition) is 0. The van der Waals surface area contributed by atoms with Gasteiger partial charge in [-0.1, -0.05) is 97.1 Å². The average molecular weight is 616 g/mol. The summed E-state index contributed by atoms with van der Waals surface area (Å²) >= 11 is 0. The van der Waals surface area contributed by atoms with Crippen molar-refractivity contribution in [1.82, 2.24) is 39.9 Å². The van der Waals surface area contributed by atoms with Crippen molar-refractivity contribution in [1.29, 1.82) is 5.26 Å². The average Bonchev–Trinajstić information content (AvgIpc) is 3.78. The first kappa shape index (κ1) is 28.3. The van der Waals surface area contributed by atoms with Crippen LogP contribution in [0.25, 0.3) is 89.7 Å². The monoisotopic (exact) mass is 615 g/mol. The molecule has 3 aromatic heterocycles. The summed E-state index contributed by atoms with van der Waals surface area (Å²) in [6.45, 7) is 4.75. The van der Waals surface area contributed by atoms with Crippen molar-refractivity contribution in [3.05, 3.63) is 104 Å². The van der Waals surface area contributed by atoms with Crippen LogP contribution in [0.5, 0.6) is 0 Å². The zero-order chi connectivity index (χ0) is 28.2. The number of benzene rings is 4. The summed E-state index contributed by atoms with van der Waals surface area (Å²) in [5.74, 6) is 2.21. The van der Waals surface area contributed by atoms with Crippen LogP contribution in [0, 0.1) is 11.8 Å². The molecule has 1 radical (unpaired) electrons. The summed E-state index contributed by atoms with van der Waals surface area (Å²) in [5, 5.41) is 9.82. The summed E-state index contributed by atoms with van der Waals surface area (Å²) in [6.07, 6.45) is 0. The van der Waals surface area contributed by atoms with Crippen molar-refractivity contribution < 1.29 is 22.3 Å². The van der Waals surface area contributed by atoms with E-state index in [1.807, 2.05) is 97.1 Å². The van der Waals surface area contributed by atoms with Crippen molar-refractivity contribution >= 4 is 44.1 Å². The van der Waals surface area contributed by atoms with Crippen LogP contribution in [0.1, 0.15) is 0 Å². The van der Waals surface area contributed by atoms with E-state index in [0.29, 0.717) is 45.9 Å². The number of rotatable bonds is 0. The molecular weight excluding hydrogens is 597 g/mol. The van der Waals surface area contributed by atoms with Gasteiger partial charge in [0.25, 0.3) is 0 Å². The Labute approximate surface area is 260 Å². The van der Waals surface area contributed by atoms with Gasteiger partial charge in [0.2, 0.25) is 0 Å². The molecule has 7 aromatic rings. The molecule has 0 aliphatic carbocycles. The minimum absolute atomic E-state index is 0. The van der Waals surface area contributed by atoms with E-state index in [1.54, 1.807) is 0 Å². The predicted molar refractivity (Wildman–Crippen MR) is 163 cm³/mol. The van der Waals surface area contributed by atoms with E-state index < -0.39 is 0 Å². The van der Waals surface area contributed by atoms with Crippen LogP contribution in [0.2, 0.25) is 0 Å². The minimum atomic E-state index is 0. The fraction of sp³-hybridized carbons (Fsp3) is 0. The molecule has 2 N–H and O–H groups in total. The molecule has 211 valence electrons. The summed E-state index contributed by atoms with van der Waals surface area (Å²) in [5.41, 5.74) is 5.78. The fourth-order valence-electron chi connectivity index (χ4n) is 5.46. The third-order valence-corrected chi connectivity index (χ3v) is 7.33. The second kappa shape index (κ2) is 11.1.